The summed E-state index contributed by atoms with van der Waals surface area (Å²) in [6.45, 7) is 2.04. The highest BCUT2D eigenvalue weighted by atomic mass is 35.5. The molecular weight excluding hydrogens is 421 g/mol. The quantitative estimate of drug-likeness (QED) is 0.599. The number of hydrogen-bond donors (Lipinski definition) is 1. The summed E-state index contributed by atoms with van der Waals surface area (Å²) in [5.41, 5.74) is 0.838. The number of alkyl halides is 3. The van der Waals surface area contributed by atoms with Gasteiger partial charge in [0.1, 0.15) is 0 Å². The van der Waals surface area contributed by atoms with Crippen LogP contribution in [0.15, 0.2) is 47.0 Å². The lowest BCUT2D eigenvalue weighted by Gasteiger charge is -2.15. The number of benzene rings is 2. The largest absolute Gasteiger partial charge is 0.417 e. The van der Waals surface area contributed by atoms with Crippen LogP contribution in [0.5, 0.6) is 0 Å². The minimum absolute atomic E-state index is 0.00440. The summed E-state index contributed by atoms with van der Waals surface area (Å²) in [6, 6.07) is 10.8. The zero-order valence-corrected chi connectivity index (χ0v) is 16.9. The predicted octanol–water partition coefficient (Wildman–Crippen LogP) is 4.79. The van der Waals surface area contributed by atoms with Crippen LogP contribution in [0.4, 0.5) is 18.9 Å². The first kappa shape index (κ1) is 21.8. The van der Waals surface area contributed by atoms with Gasteiger partial charge in [0.05, 0.1) is 23.7 Å². The van der Waals surface area contributed by atoms with Crippen LogP contribution in [0.1, 0.15) is 17.0 Å². The second-order valence-corrected chi connectivity index (χ2v) is 7.15. The standard InChI is InChI=1S/C20H18ClF3N4O2/c1-12-5-3-4-6-14(12)19-26-18(30-27-19)11-28(2)10-17(29)25-13-7-8-16(21)15(9-13)20(22,23)24/h3-9H,10-11H2,1-2H3,(H,25,29). The Balaban J connectivity index is 1.60. The molecular formula is C20H18ClF3N4O2. The third-order valence-corrected chi connectivity index (χ3v) is 4.56. The molecule has 0 spiro atoms. The minimum Gasteiger partial charge on any atom is -0.338 e. The number of likely N-dealkylation sites (N-methyl/N-ethyl adjacent to an activating group) is 1. The van der Waals surface area contributed by atoms with Crippen LogP contribution in [-0.2, 0) is 17.5 Å². The summed E-state index contributed by atoms with van der Waals surface area (Å²) < 4.78 is 44.1. The van der Waals surface area contributed by atoms with Crippen molar-refractivity contribution < 1.29 is 22.5 Å². The van der Waals surface area contributed by atoms with Gasteiger partial charge in [-0.25, -0.2) is 0 Å². The maximum absolute atomic E-state index is 12.9. The molecule has 3 aromatic rings. The number of amides is 1. The van der Waals surface area contributed by atoms with E-state index in [0.29, 0.717) is 11.7 Å². The van der Waals surface area contributed by atoms with Crippen LogP contribution >= 0.6 is 11.6 Å². The number of carbonyl (C=O) groups excluding carboxylic acids is 1. The molecule has 3 rings (SSSR count). The Morgan fingerprint density at radius 2 is 1.97 bits per heavy atom. The van der Waals surface area contributed by atoms with Crippen molar-refractivity contribution in [2.75, 3.05) is 18.9 Å². The molecule has 158 valence electrons. The van der Waals surface area contributed by atoms with E-state index in [-0.39, 0.29) is 18.8 Å². The highest BCUT2D eigenvalue weighted by molar-refractivity contribution is 6.31. The SMILES string of the molecule is Cc1ccccc1-c1noc(CN(C)CC(=O)Nc2ccc(Cl)c(C(F)(F)F)c2)n1. The van der Waals surface area contributed by atoms with Crippen molar-refractivity contribution in [2.45, 2.75) is 19.6 Å². The van der Waals surface area contributed by atoms with Crippen molar-refractivity contribution in [2.24, 2.45) is 0 Å². The number of nitrogens with one attached hydrogen (secondary N) is 1. The third kappa shape index (κ3) is 5.37. The molecule has 0 saturated heterocycles. The Morgan fingerprint density at radius 1 is 1.23 bits per heavy atom. The molecule has 1 heterocycles. The minimum atomic E-state index is -4.61. The molecule has 0 fully saturated rings. The van der Waals surface area contributed by atoms with Crippen molar-refractivity contribution in [1.29, 1.82) is 0 Å². The summed E-state index contributed by atoms with van der Waals surface area (Å²) >= 11 is 5.58. The van der Waals surface area contributed by atoms with Crippen LogP contribution in [0.3, 0.4) is 0 Å². The van der Waals surface area contributed by atoms with E-state index in [4.69, 9.17) is 16.1 Å². The maximum atomic E-state index is 12.9. The van der Waals surface area contributed by atoms with Crippen LogP contribution in [0, 0.1) is 6.92 Å². The Bertz CT molecular complexity index is 1050. The lowest BCUT2D eigenvalue weighted by atomic mass is 10.1. The average Bonchev–Trinajstić information content (AvgIpc) is 3.10. The lowest BCUT2D eigenvalue weighted by Crippen LogP contribution is -2.30. The van der Waals surface area contributed by atoms with Gasteiger partial charge in [-0.05, 0) is 37.7 Å². The predicted molar refractivity (Wildman–Crippen MR) is 106 cm³/mol. The van der Waals surface area contributed by atoms with Gasteiger partial charge in [-0.15, -0.1) is 0 Å². The smallest absolute Gasteiger partial charge is 0.338 e. The van der Waals surface area contributed by atoms with Gasteiger partial charge in [0.2, 0.25) is 17.6 Å². The number of rotatable bonds is 6. The molecule has 0 bridgehead atoms. The van der Waals surface area contributed by atoms with E-state index in [2.05, 4.69) is 15.5 Å². The summed E-state index contributed by atoms with van der Waals surface area (Å²) in [7, 11) is 1.65. The third-order valence-electron chi connectivity index (χ3n) is 4.23. The van der Waals surface area contributed by atoms with Crippen LogP contribution < -0.4 is 5.32 Å². The number of aromatic nitrogens is 2. The zero-order chi connectivity index (χ0) is 21.9. The van der Waals surface area contributed by atoms with Crippen molar-refractivity contribution in [1.82, 2.24) is 15.0 Å². The van der Waals surface area contributed by atoms with Crippen molar-refractivity contribution >= 4 is 23.2 Å². The number of aryl methyl sites for hydroxylation is 1. The van der Waals surface area contributed by atoms with E-state index in [1.54, 1.807) is 11.9 Å². The van der Waals surface area contributed by atoms with E-state index in [1.807, 2.05) is 31.2 Å². The van der Waals surface area contributed by atoms with E-state index >= 15 is 0 Å². The molecule has 6 nitrogen and oxygen atoms in total. The number of anilines is 1. The van der Waals surface area contributed by atoms with Crippen molar-refractivity contribution in [3.05, 3.63) is 64.5 Å². The van der Waals surface area contributed by atoms with Crippen LogP contribution in [0.2, 0.25) is 5.02 Å². The molecule has 0 unspecified atom stereocenters. The maximum Gasteiger partial charge on any atom is 0.417 e. The lowest BCUT2D eigenvalue weighted by molar-refractivity contribution is -0.137. The summed E-state index contributed by atoms with van der Waals surface area (Å²) in [5, 5.41) is 5.95. The second-order valence-electron chi connectivity index (χ2n) is 6.74. The van der Waals surface area contributed by atoms with E-state index in [0.717, 1.165) is 23.3 Å². The molecule has 0 radical (unpaired) electrons. The first-order chi connectivity index (χ1) is 14.1. The molecule has 1 amide bonds. The molecule has 0 saturated carbocycles. The van der Waals surface area contributed by atoms with Crippen molar-refractivity contribution in [3.8, 4) is 11.4 Å². The molecule has 1 aromatic heterocycles. The molecule has 0 atom stereocenters. The van der Waals surface area contributed by atoms with Gasteiger partial charge < -0.3 is 9.84 Å². The summed E-state index contributed by atoms with van der Waals surface area (Å²) in [6.07, 6.45) is -4.61. The van der Waals surface area contributed by atoms with Gasteiger partial charge in [-0.2, -0.15) is 18.2 Å². The first-order valence-electron chi connectivity index (χ1n) is 8.87. The van der Waals surface area contributed by atoms with Crippen molar-refractivity contribution in [3.63, 3.8) is 0 Å². The molecule has 0 aliphatic rings. The van der Waals surface area contributed by atoms with Gasteiger partial charge in [0.15, 0.2) is 0 Å². The second kappa shape index (κ2) is 8.85. The van der Waals surface area contributed by atoms with Crippen LogP contribution in [-0.4, -0.2) is 34.5 Å². The highest BCUT2D eigenvalue weighted by Crippen LogP contribution is 2.36. The van der Waals surface area contributed by atoms with E-state index in [1.165, 1.54) is 6.07 Å². The van der Waals surface area contributed by atoms with Gasteiger partial charge in [-0.3, -0.25) is 9.69 Å². The fourth-order valence-corrected chi connectivity index (χ4v) is 3.03. The average molecular weight is 439 g/mol. The Kier molecular flexibility index (Phi) is 6.42. The topological polar surface area (TPSA) is 71.3 Å². The highest BCUT2D eigenvalue weighted by Gasteiger charge is 2.33. The Labute approximate surface area is 175 Å². The van der Waals surface area contributed by atoms with E-state index in [9.17, 15) is 18.0 Å². The van der Waals surface area contributed by atoms with Gasteiger partial charge in [0.25, 0.3) is 0 Å². The Hall–Kier alpha value is -2.91. The molecule has 0 aliphatic carbocycles. The monoisotopic (exact) mass is 438 g/mol. The molecule has 1 N–H and O–H groups in total. The normalized spacial score (nSPS) is 11.7. The Morgan fingerprint density at radius 3 is 2.67 bits per heavy atom. The number of carbonyl (C=O) groups is 1. The molecule has 2 aromatic carbocycles. The number of hydrogen-bond acceptors (Lipinski definition) is 5. The fraction of sp³-hybridized carbons (Fsp3) is 0.250. The fourth-order valence-electron chi connectivity index (χ4n) is 2.81. The molecule has 0 aliphatic heterocycles. The van der Waals surface area contributed by atoms with Gasteiger partial charge >= 0.3 is 6.18 Å². The van der Waals surface area contributed by atoms with Gasteiger partial charge in [0, 0.05) is 11.3 Å². The number of nitrogens with zero attached hydrogens (tertiary/aromatic N) is 3. The van der Waals surface area contributed by atoms with Crippen LogP contribution in [0.25, 0.3) is 11.4 Å². The molecule has 10 heteroatoms. The van der Waals surface area contributed by atoms with Gasteiger partial charge in [-0.1, -0.05) is 41.0 Å². The molecule has 30 heavy (non-hydrogen) atoms. The summed E-state index contributed by atoms with van der Waals surface area (Å²) in [5.74, 6) is 0.266. The first-order valence-corrected chi connectivity index (χ1v) is 9.25. The zero-order valence-electron chi connectivity index (χ0n) is 16.1. The number of halogens is 4. The van der Waals surface area contributed by atoms with E-state index < -0.39 is 22.7 Å². The summed E-state index contributed by atoms with van der Waals surface area (Å²) in [4.78, 5) is 18.1.